The minimum atomic E-state index is -0.342. The Kier molecular flexibility index (Phi) is 2.45. The van der Waals surface area contributed by atoms with Crippen LogP contribution in [0.5, 0.6) is 0 Å². The molecule has 0 aliphatic carbocycles. The molecule has 2 aromatic rings. The number of aromatic nitrogens is 2. The molecule has 2 amide bonds. The van der Waals surface area contributed by atoms with Crippen molar-refractivity contribution < 1.29 is 9.59 Å². The Morgan fingerprint density at radius 3 is 2.94 bits per heavy atom. The summed E-state index contributed by atoms with van der Waals surface area (Å²) in [6, 6.07) is 5.72. The van der Waals surface area contributed by atoms with Gasteiger partial charge in [-0.25, -0.2) is 4.98 Å². The molecule has 1 fully saturated rings. The Morgan fingerprint density at radius 2 is 2.22 bits per heavy atom. The zero-order valence-electron chi connectivity index (χ0n) is 9.51. The van der Waals surface area contributed by atoms with Crippen LogP contribution < -0.4 is 5.32 Å². The van der Waals surface area contributed by atoms with E-state index in [0.717, 1.165) is 28.4 Å². The lowest BCUT2D eigenvalue weighted by Gasteiger charge is -1.97. The molecule has 0 spiro atoms. The fourth-order valence-electron chi connectivity index (χ4n) is 1.82. The Hall–Kier alpha value is -2.08. The first-order valence-electron chi connectivity index (χ1n) is 5.29. The third-order valence-corrected chi connectivity index (χ3v) is 3.50. The predicted molar refractivity (Wildman–Crippen MR) is 69.8 cm³/mol. The largest absolute Gasteiger partial charge is 0.334 e. The van der Waals surface area contributed by atoms with Gasteiger partial charge in [0.15, 0.2) is 0 Å². The first kappa shape index (κ1) is 11.0. The van der Waals surface area contributed by atoms with Gasteiger partial charge in [0.2, 0.25) is 0 Å². The van der Waals surface area contributed by atoms with Crippen molar-refractivity contribution in [2.75, 3.05) is 0 Å². The molecule has 1 aliphatic rings. The van der Waals surface area contributed by atoms with Gasteiger partial charge in [0.1, 0.15) is 0 Å². The Bertz CT molecular complexity index is 702. The van der Waals surface area contributed by atoms with Crippen LogP contribution in [-0.2, 0) is 11.8 Å². The Morgan fingerprint density at radius 1 is 1.39 bits per heavy atom. The average Bonchev–Trinajstić information content (AvgIpc) is 2.84. The van der Waals surface area contributed by atoms with Crippen LogP contribution in [0.4, 0.5) is 4.79 Å². The van der Waals surface area contributed by atoms with Crippen LogP contribution >= 0.6 is 11.8 Å². The summed E-state index contributed by atoms with van der Waals surface area (Å²) in [7, 11) is 1.92. The van der Waals surface area contributed by atoms with Crippen molar-refractivity contribution in [2.24, 2.45) is 7.05 Å². The molecule has 0 radical (unpaired) electrons. The van der Waals surface area contributed by atoms with E-state index in [4.69, 9.17) is 0 Å². The first-order valence-corrected chi connectivity index (χ1v) is 6.11. The van der Waals surface area contributed by atoms with Crippen LogP contribution in [-0.4, -0.2) is 20.7 Å². The number of benzene rings is 1. The van der Waals surface area contributed by atoms with Gasteiger partial charge in [0.25, 0.3) is 11.1 Å². The second-order valence-corrected chi connectivity index (χ2v) is 4.97. The molecule has 1 saturated heterocycles. The highest BCUT2D eigenvalue weighted by Gasteiger charge is 2.24. The van der Waals surface area contributed by atoms with E-state index in [1.807, 2.05) is 29.8 Å². The van der Waals surface area contributed by atoms with E-state index in [0.29, 0.717) is 4.91 Å². The number of imide groups is 1. The van der Waals surface area contributed by atoms with Gasteiger partial charge in [-0.05, 0) is 35.5 Å². The van der Waals surface area contributed by atoms with Gasteiger partial charge in [-0.1, -0.05) is 6.07 Å². The van der Waals surface area contributed by atoms with E-state index in [2.05, 4.69) is 10.3 Å². The molecule has 18 heavy (non-hydrogen) atoms. The van der Waals surface area contributed by atoms with Crippen molar-refractivity contribution in [2.45, 2.75) is 0 Å². The number of carbonyl (C=O) groups excluding carboxylic acids is 2. The highest BCUT2D eigenvalue weighted by atomic mass is 32.2. The topological polar surface area (TPSA) is 64.0 Å². The Labute approximate surface area is 107 Å². The van der Waals surface area contributed by atoms with E-state index < -0.39 is 0 Å². The van der Waals surface area contributed by atoms with Gasteiger partial charge in [-0.15, -0.1) is 0 Å². The quantitative estimate of drug-likeness (QED) is 0.794. The van der Waals surface area contributed by atoms with Crippen molar-refractivity contribution in [3.05, 3.63) is 35.0 Å². The standard InChI is InChI=1S/C12H9N3O2S/c1-15-6-13-8-4-7(2-3-9(8)15)5-10-11(16)14-12(17)18-10/h2-6H,1H3,(H,14,16,17). The molecule has 1 aromatic carbocycles. The average molecular weight is 259 g/mol. The molecule has 0 bridgehead atoms. The smallest absolute Gasteiger partial charge is 0.290 e. The summed E-state index contributed by atoms with van der Waals surface area (Å²) < 4.78 is 1.92. The summed E-state index contributed by atoms with van der Waals surface area (Å²) in [5.41, 5.74) is 2.74. The van der Waals surface area contributed by atoms with Crippen molar-refractivity contribution in [3.8, 4) is 0 Å². The maximum absolute atomic E-state index is 11.4. The normalized spacial score (nSPS) is 17.7. The maximum atomic E-state index is 11.4. The number of fused-ring (bicyclic) bond motifs is 1. The van der Waals surface area contributed by atoms with E-state index in [1.54, 1.807) is 12.4 Å². The van der Waals surface area contributed by atoms with E-state index >= 15 is 0 Å². The van der Waals surface area contributed by atoms with Gasteiger partial charge in [0, 0.05) is 7.05 Å². The summed E-state index contributed by atoms with van der Waals surface area (Å²) in [4.78, 5) is 27.1. The highest BCUT2D eigenvalue weighted by Crippen LogP contribution is 2.26. The van der Waals surface area contributed by atoms with Gasteiger partial charge in [-0.3, -0.25) is 14.9 Å². The third-order valence-electron chi connectivity index (χ3n) is 2.69. The van der Waals surface area contributed by atoms with Crippen molar-refractivity contribution in [1.29, 1.82) is 0 Å². The molecule has 1 aliphatic heterocycles. The number of hydrogen-bond acceptors (Lipinski definition) is 4. The number of amides is 2. The number of rotatable bonds is 1. The molecular weight excluding hydrogens is 250 g/mol. The Balaban J connectivity index is 2.02. The molecular formula is C12H9N3O2S. The summed E-state index contributed by atoms with van der Waals surface area (Å²) in [5.74, 6) is -0.342. The monoisotopic (exact) mass is 259 g/mol. The lowest BCUT2D eigenvalue weighted by atomic mass is 10.2. The van der Waals surface area contributed by atoms with E-state index in [9.17, 15) is 9.59 Å². The van der Waals surface area contributed by atoms with Crippen LogP contribution in [0.2, 0.25) is 0 Å². The molecule has 3 rings (SSSR count). The number of imidazole rings is 1. The van der Waals surface area contributed by atoms with E-state index in [1.165, 1.54) is 0 Å². The van der Waals surface area contributed by atoms with Crippen LogP contribution in [0.3, 0.4) is 0 Å². The van der Waals surface area contributed by atoms with Gasteiger partial charge in [-0.2, -0.15) is 0 Å². The van der Waals surface area contributed by atoms with Crippen LogP contribution in [0.15, 0.2) is 29.4 Å². The molecule has 2 heterocycles. The molecule has 1 aromatic heterocycles. The third kappa shape index (κ3) is 1.80. The number of thioether (sulfide) groups is 1. The minimum absolute atomic E-state index is 0.329. The second kappa shape index (κ2) is 3.99. The minimum Gasteiger partial charge on any atom is -0.334 e. The van der Waals surface area contributed by atoms with E-state index in [-0.39, 0.29) is 11.1 Å². The SMILES string of the molecule is Cn1cnc2cc(C=C3SC(=O)NC3=O)ccc21. The second-order valence-electron chi connectivity index (χ2n) is 3.96. The number of nitrogens with one attached hydrogen (secondary N) is 1. The van der Waals surface area contributed by atoms with Crippen molar-refractivity contribution in [3.63, 3.8) is 0 Å². The lowest BCUT2D eigenvalue weighted by molar-refractivity contribution is -0.115. The maximum Gasteiger partial charge on any atom is 0.290 e. The first-order chi connectivity index (χ1) is 8.63. The summed E-state index contributed by atoms with van der Waals surface area (Å²) in [6.07, 6.45) is 3.43. The highest BCUT2D eigenvalue weighted by molar-refractivity contribution is 8.18. The predicted octanol–water partition coefficient (Wildman–Crippen LogP) is 1.90. The number of hydrogen-bond donors (Lipinski definition) is 1. The van der Waals surface area contributed by atoms with Gasteiger partial charge < -0.3 is 4.57 Å². The van der Waals surface area contributed by atoms with Gasteiger partial charge >= 0.3 is 0 Å². The summed E-state index contributed by atoms with van der Waals surface area (Å²) in [5, 5.41) is 1.90. The molecule has 0 unspecified atom stereocenters. The molecule has 5 nitrogen and oxygen atoms in total. The molecule has 0 saturated carbocycles. The molecule has 90 valence electrons. The molecule has 1 N–H and O–H groups in total. The zero-order valence-corrected chi connectivity index (χ0v) is 10.3. The lowest BCUT2D eigenvalue weighted by Crippen LogP contribution is -2.17. The van der Waals surface area contributed by atoms with Crippen molar-refractivity contribution >= 4 is 40.0 Å². The summed E-state index contributed by atoms with van der Waals surface area (Å²) in [6.45, 7) is 0. The van der Waals surface area contributed by atoms with Crippen LogP contribution in [0, 0.1) is 0 Å². The van der Waals surface area contributed by atoms with Gasteiger partial charge in [0.05, 0.1) is 22.3 Å². The fraction of sp³-hybridized carbons (Fsp3) is 0.0833. The van der Waals surface area contributed by atoms with Crippen LogP contribution in [0.25, 0.3) is 17.1 Å². The summed E-state index contributed by atoms with van der Waals surface area (Å²) >= 11 is 0.915. The molecule has 0 atom stereocenters. The van der Waals surface area contributed by atoms with Crippen LogP contribution in [0.1, 0.15) is 5.56 Å². The molecule has 6 heteroatoms. The van der Waals surface area contributed by atoms with Crippen molar-refractivity contribution in [1.82, 2.24) is 14.9 Å². The number of nitrogens with zero attached hydrogens (tertiary/aromatic N) is 2. The zero-order chi connectivity index (χ0) is 12.7. The number of carbonyl (C=O) groups is 2. The fourth-order valence-corrected chi connectivity index (χ4v) is 2.50. The number of aryl methyl sites for hydroxylation is 1.